The molecule has 0 unspecified atom stereocenters. The van der Waals surface area contributed by atoms with Crippen LogP contribution in [0.25, 0.3) is 0 Å². The third-order valence-electron chi connectivity index (χ3n) is 6.55. The molecule has 0 spiro atoms. The van der Waals surface area contributed by atoms with E-state index < -0.39 is 0 Å². The first-order valence-electron chi connectivity index (χ1n) is 11.4. The van der Waals surface area contributed by atoms with Crippen molar-refractivity contribution in [3.05, 3.63) is 47.6 Å². The number of methoxy groups -OCH3 is 1. The van der Waals surface area contributed by atoms with Crippen molar-refractivity contribution in [2.24, 2.45) is 11.8 Å². The Bertz CT molecular complexity index is 1110. The van der Waals surface area contributed by atoms with E-state index >= 15 is 0 Å². The summed E-state index contributed by atoms with van der Waals surface area (Å²) in [6, 6.07) is 12.3. The first-order valence-corrected chi connectivity index (χ1v) is 11.8. The van der Waals surface area contributed by atoms with Crippen molar-refractivity contribution < 1.29 is 9.47 Å². The van der Waals surface area contributed by atoms with Crippen LogP contribution >= 0.6 is 11.6 Å². The molecule has 1 aromatic carbocycles. The lowest BCUT2D eigenvalue weighted by Crippen LogP contribution is -2.48. The summed E-state index contributed by atoms with van der Waals surface area (Å²) < 4.78 is 13.1. The number of nitrogens with one attached hydrogen (secondary N) is 1. The molecule has 2 aliphatic rings. The molecule has 1 aliphatic heterocycles. The Kier molecular flexibility index (Phi) is 6.01. The molecule has 2 atom stereocenters. The number of fused-ring (bicyclic) bond motifs is 2. The molecule has 2 aromatic heterocycles. The van der Waals surface area contributed by atoms with Gasteiger partial charge in [-0.05, 0) is 56.7 Å². The summed E-state index contributed by atoms with van der Waals surface area (Å²) in [7, 11) is 1.65. The van der Waals surface area contributed by atoms with Gasteiger partial charge in [0.15, 0.2) is 0 Å². The van der Waals surface area contributed by atoms with Gasteiger partial charge in [0.2, 0.25) is 11.8 Å². The van der Waals surface area contributed by atoms with E-state index in [0.29, 0.717) is 46.5 Å². The van der Waals surface area contributed by atoms with Crippen LogP contribution in [0.15, 0.2) is 42.6 Å². The number of nitrogens with zero attached hydrogens (tertiary/aromatic N) is 5. The smallest absolute Gasteiger partial charge is 0.322 e. The van der Waals surface area contributed by atoms with E-state index in [9.17, 15) is 0 Å². The number of pyridine rings is 1. The van der Waals surface area contributed by atoms with Crippen molar-refractivity contribution in [1.29, 1.82) is 0 Å². The fraction of sp³-hybridized carbons (Fsp3) is 0.458. The summed E-state index contributed by atoms with van der Waals surface area (Å²) in [5.74, 6) is 2.85. The SMILES string of the molecule is COc1cc(N2C[C@H]3CC[C@H](C2)C3Nc2nc(Oc3ccccc3Cl)n(C(C)C)n2)ccn1. The Morgan fingerprint density at radius 3 is 2.58 bits per heavy atom. The van der Waals surface area contributed by atoms with Gasteiger partial charge in [-0.3, -0.25) is 0 Å². The van der Waals surface area contributed by atoms with Crippen LogP contribution in [0.4, 0.5) is 11.6 Å². The van der Waals surface area contributed by atoms with Gasteiger partial charge in [0, 0.05) is 37.1 Å². The first-order chi connectivity index (χ1) is 16.0. The van der Waals surface area contributed by atoms with E-state index in [0.717, 1.165) is 18.8 Å². The molecule has 0 amide bonds. The Morgan fingerprint density at radius 1 is 1.12 bits per heavy atom. The number of para-hydroxylation sites is 1. The number of hydrogen-bond acceptors (Lipinski definition) is 7. The number of piperidine rings is 1. The Hall–Kier alpha value is -3.00. The molecule has 1 N–H and O–H groups in total. The fourth-order valence-electron chi connectivity index (χ4n) is 4.93. The number of anilines is 2. The highest BCUT2D eigenvalue weighted by Crippen LogP contribution is 2.40. The molecule has 2 fully saturated rings. The second-order valence-electron chi connectivity index (χ2n) is 9.02. The minimum absolute atomic E-state index is 0.103. The van der Waals surface area contributed by atoms with Crippen LogP contribution in [-0.4, -0.2) is 46.0 Å². The van der Waals surface area contributed by atoms with Crippen molar-refractivity contribution in [3.8, 4) is 17.6 Å². The van der Waals surface area contributed by atoms with Gasteiger partial charge in [-0.15, -0.1) is 5.10 Å². The lowest BCUT2D eigenvalue weighted by Gasteiger charge is -2.39. The van der Waals surface area contributed by atoms with Gasteiger partial charge in [-0.2, -0.15) is 4.98 Å². The molecular formula is C24H29ClN6O2. The van der Waals surface area contributed by atoms with E-state index in [1.165, 1.54) is 12.8 Å². The zero-order valence-corrected chi connectivity index (χ0v) is 19.9. The van der Waals surface area contributed by atoms with Crippen molar-refractivity contribution >= 4 is 23.2 Å². The predicted molar refractivity (Wildman–Crippen MR) is 129 cm³/mol. The average molecular weight is 469 g/mol. The van der Waals surface area contributed by atoms with E-state index in [-0.39, 0.29) is 6.04 Å². The van der Waals surface area contributed by atoms with Crippen LogP contribution < -0.4 is 19.7 Å². The maximum atomic E-state index is 6.28. The molecular weight excluding hydrogens is 440 g/mol. The average Bonchev–Trinajstić information content (AvgIpc) is 3.31. The standard InChI is InChI=1S/C24H29ClN6O2/c1-15(2)31-24(33-20-7-5-4-6-19(20)25)28-23(29-31)27-22-16-8-9-17(22)14-30(13-16)18-10-11-26-21(12-18)32-3/h4-7,10-12,15-17,22H,8-9,13-14H2,1-3H3,(H,27,29)/t16-,17-/m1/s1. The maximum Gasteiger partial charge on any atom is 0.322 e. The summed E-state index contributed by atoms with van der Waals surface area (Å²) in [6.45, 7) is 6.08. The third-order valence-corrected chi connectivity index (χ3v) is 6.86. The number of ether oxygens (including phenoxy) is 2. The van der Waals surface area contributed by atoms with Gasteiger partial charge in [0.05, 0.1) is 18.2 Å². The zero-order chi connectivity index (χ0) is 22.9. The summed E-state index contributed by atoms with van der Waals surface area (Å²) in [5, 5.41) is 8.89. The van der Waals surface area contributed by atoms with Gasteiger partial charge >= 0.3 is 6.01 Å². The maximum absolute atomic E-state index is 6.28. The highest BCUT2D eigenvalue weighted by molar-refractivity contribution is 6.32. The Balaban J connectivity index is 1.32. The van der Waals surface area contributed by atoms with E-state index in [2.05, 4.69) is 40.1 Å². The number of benzene rings is 1. The van der Waals surface area contributed by atoms with Gasteiger partial charge in [-0.25, -0.2) is 9.67 Å². The quantitative estimate of drug-likeness (QED) is 0.520. The molecule has 1 aliphatic carbocycles. The third kappa shape index (κ3) is 4.44. The normalized spacial score (nSPS) is 22.0. The lowest BCUT2D eigenvalue weighted by atomic mass is 9.92. The molecule has 1 saturated carbocycles. The van der Waals surface area contributed by atoms with Crippen LogP contribution in [0.1, 0.15) is 32.7 Å². The molecule has 8 nitrogen and oxygen atoms in total. The van der Waals surface area contributed by atoms with Crippen LogP contribution in [-0.2, 0) is 0 Å². The second-order valence-corrected chi connectivity index (χ2v) is 9.43. The zero-order valence-electron chi connectivity index (χ0n) is 19.1. The van der Waals surface area contributed by atoms with Crippen molar-refractivity contribution in [1.82, 2.24) is 19.7 Å². The lowest BCUT2D eigenvalue weighted by molar-refractivity contribution is 0.373. The largest absolute Gasteiger partial charge is 0.481 e. The first kappa shape index (κ1) is 21.8. The molecule has 3 heterocycles. The summed E-state index contributed by atoms with van der Waals surface area (Å²) in [6.07, 6.45) is 4.19. The number of rotatable bonds is 7. The number of halogens is 1. The minimum Gasteiger partial charge on any atom is -0.481 e. The summed E-state index contributed by atoms with van der Waals surface area (Å²) >= 11 is 6.28. The Labute approximate surface area is 198 Å². The van der Waals surface area contributed by atoms with Gasteiger partial charge in [0.25, 0.3) is 0 Å². The molecule has 2 bridgehead atoms. The molecule has 9 heteroatoms. The van der Waals surface area contributed by atoms with Gasteiger partial charge in [-0.1, -0.05) is 23.7 Å². The van der Waals surface area contributed by atoms with Crippen LogP contribution in [0, 0.1) is 11.8 Å². The van der Waals surface area contributed by atoms with Crippen molar-refractivity contribution in [3.63, 3.8) is 0 Å². The van der Waals surface area contributed by atoms with Crippen LogP contribution in [0.3, 0.4) is 0 Å². The summed E-state index contributed by atoms with van der Waals surface area (Å²) in [4.78, 5) is 11.4. The monoisotopic (exact) mass is 468 g/mol. The molecule has 3 aromatic rings. The van der Waals surface area contributed by atoms with E-state index in [1.807, 2.05) is 30.5 Å². The van der Waals surface area contributed by atoms with Crippen LogP contribution in [0.5, 0.6) is 17.6 Å². The number of aromatic nitrogens is 4. The summed E-state index contributed by atoms with van der Waals surface area (Å²) in [5.41, 5.74) is 1.16. The number of hydrogen-bond donors (Lipinski definition) is 1. The van der Waals surface area contributed by atoms with Gasteiger partial charge in [0.1, 0.15) is 5.75 Å². The second kappa shape index (κ2) is 9.09. The molecule has 1 saturated heterocycles. The fourth-order valence-corrected chi connectivity index (χ4v) is 5.10. The van der Waals surface area contributed by atoms with Gasteiger partial charge < -0.3 is 19.7 Å². The molecule has 174 valence electrons. The minimum atomic E-state index is 0.103. The predicted octanol–water partition coefficient (Wildman–Crippen LogP) is 5.04. The molecule has 33 heavy (non-hydrogen) atoms. The van der Waals surface area contributed by atoms with Crippen molar-refractivity contribution in [2.75, 3.05) is 30.4 Å². The highest BCUT2D eigenvalue weighted by atomic mass is 35.5. The molecule has 5 rings (SSSR count). The van der Waals surface area contributed by atoms with Crippen molar-refractivity contribution in [2.45, 2.75) is 38.8 Å². The van der Waals surface area contributed by atoms with Crippen LogP contribution in [0.2, 0.25) is 5.02 Å². The highest BCUT2D eigenvalue weighted by Gasteiger charge is 2.42. The Morgan fingerprint density at radius 2 is 1.88 bits per heavy atom. The van der Waals surface area contributed by atoms with E-state index in [1.54, 1.807) is 17.9 Å². The van der Waals surface area contributed by atoms with E-state index in [4.69, 9.17) is 26.2 Å². The molecule has 0 radical (unpaired) electrons. The topological polar surface area (TPSA) is 77.3 Å².